The summed E-state index contributed by atoms with van der Waals surface area (Å²) in [6.07, 6.45) is 1.77. The van der Waals surface area contributed by atoms with Crippen molar-refractivity contribution in [3.63, 3.8) is 0 Å². The van der Waals surface area contributed by atoms with Gasteiger partial charge >= 0.3 is 0 Å². The standard InChI is InChI=1S/C17H14ClNO3/c1-21-15-9-16(22-2)13(18)8-10(15)7-12-11-5-3-4-6-14(11)19-17(12)20/h3-9H,1-2H3,(H,19,20)/b12-7-. The highest BCUT2D eigenvalue weighted by Crippen LogP contribution is 2.37. The fourth-order valence-corrected chi connectivity index (χ4v) is 2.68. The third-order valence-corrected chi connectivity index (χ3v) is 3.81. The molecule has 0 unspecified atom stereocenters. The number of nitrogens with one attached hydrogen (secondary N) is 1. The second-order valence-electron chi connectivity index (χ2n) is 4.79. The highest BCUT2D eigenvalue weighted by Gasteiger charge is 2.24. The molecule has 1 heterocycles. The predicted molar refractivity (Wildman–Crippen MR) is 87.5 cm³/mol. The number of rotatable bonds is 3. The van der Waals surface area contributed by atoms with Crippen LogP contribution in [0, 0.1) is 0 Å². The summed E-state index contributed by atoms with van der Waals surface area (Å²) in [4.78, 5) is 12.2. The van der Waals surface area contributed by atoms with Crippen LogP contribution in [-0.4, -0.2) is 20.1 Å². The van der Waals surface area contributed by atoms with Gasteiger partial charge in [-0.1, -0.05) is 29.8 Å². The second kappa shape index (κ2) is 5.73. The van der Waals surface area contributed by atoms with Crippen LogP contribution in [0.15, 0.2) is 36.4 Å². The van der Waals surface area contributed by atoms with Crippen molar-refractivity contribution < 1.29 is 14.3 Å². The molecule has 0 atom stereocenters. The molecule has 2 aromatic carbocycles. The van der Waals surface area contributed by atoms with Crippen molar-refractivity contribution >= 4 is 34.8 Å². The lowest BCUT2D eigenvalue weighted by atomic mass is 10.0. The molecule has 0 spiro atoms. The Bertz CT molecular complexity index is 783. The van der Waals surface area contributed by atoms with Crippen LogP contribution in [0.2, 0.25) is 5.02 Å². The van der Waals surface area contributed by atoms with E-state index >= 15 is 0 Å². The highest BCUT2D eigenvalue weighted by molar-refractivity contribution is 6.35. The minimum absolute atomic E-state index is 0.143. The SMILES string of the molecule is COc1cc(OC)c(/C=C2\C(=O)Nc3ccccc32)cc1Cl. The van der Waals surface area contributed by atoms with E-state index in [0.29, 0.717) is 22.1 Å². The van der Waals surface area contributed by atoms with Crippen LogP contribution in [0.25, 0.3) is 11.6 Å². The summed E-state index contributed by atoms with van der Waals surface area (Å²) < 4.78 is 10.5. The first-order chi connectivity index (χ1) is 10.6. The normalized spacial score (nSPS) is 14.7. The van der Waals surface area contributed by atoms with Crippen LogP contribution in [-0.2, 0) is 4.79 Å². The number of benzene rings is 2. The molecule has 1 aliphatic heterocycles. The molecule has 0 bridgehead atoms. The van der Waals surface area contributed by atoms with Crippen LogP contribution >= 0.6 is 11.6 Å². The Balaban J connectivity index is 2.13. The fourth-order valence-electron chi connectivity index (χ4n) is 2.43. The maximum atomic E-state index is 12.2. The zero-order valence-electron chi connectivity index (χ0n) is 12.1. The molecular formula is C17H14ClNO3. The van der Waals surface area contributed by atoms with E-state index in [2.05, 4.69) is 5.32 Å². The smallest absolute Gasteiger partial charge is 0.256 e. The summed E-state index contributed by atoms with van der Waals surface area (Å²) >= 11 is 6.17. The van der Waals surface area contributed by atoms with Gasteiger partial charge in [0.05, 0.1) is 19.2 Å². The van der Waals surface area contributed by atoms with Gasteiger partial charge in [-0.25, -0.2) is 0 Å². The van der Waals surface area contributed by atoms with E-state index in [1.165, 1.54) is 0 Å². The number of amides is 1. The van der Waals surface area contributed by atoms with Crippen molar-refractivity contribution in [1.29, 1.82) is 0 Å². The van der Waals surface area contributed by atoms with E-state index in [1.54, 1.807) is 32.4 Å². The summed E-state index contributed by atoms with van der Waals surface area (Å²) in [5, 5.41) is 3.30. The number of hydrogen-bond donors (Lipinski definition) is 1. The molecule has 112 valence electrons. The van der Waals surface area contributed by atoms with Crippen molar-refractivity contribution in [3.8, 4) is 11.5 Å². The van der Waals surface area contributed by atoms with Gasteiger partial charge in [0.1, 0.15) is 11.5 Å². The topological polar surface area (TPSA) is 47.6 Å². The number of methoxy groups -OCH3 is 2. The summed E-state index contributed by atoms with van der Waals surface area (Å²) in [6.45, 7) is 0. The highest BCUT2D eigenvalue weighted by atomic mass is 35.5. The Morgan fingerprint density at radius 2 is 1.82 bits per heavy atom. The summed E-state index contributed by atoms with van der Waals surface area (Å²) in [5.74, 6) is 0.970. The molecular weight excluding hydrogens is 302 g/mol. The Kier molecular flexibility index (Phi) is 3.77. The zero-order chi connectivity index (χ0) is 15.7. The van der Waals surface area contributed by atoms with E-state index < -0.39 is 0 Å². The van der Waals surface area contributed by atoms with Gasteiger partial charge in [-0.05, 0) is 18.2 Å². The first-order valence-electron chi connectivity index (χ1n) is 6.68. The molecule has 0 radical (unpaired) electrons. The minimum atomic E-state index is -0.143. The van der Waals surface area contributed by atoms with Crippen LogP contribution in [0.1, 0.15) is 11.1 Å². The predicted octanol–water partition coefficient (Wildman–Crippen LogP) is 3.85. The number of carbonyl (C=O) groups is 1. The van der Waals surface area contributed by atoms with Gasteiger partial charge in [0.2, 0.25) is 0 Å². The van der Waals surface area contributed by atoms with Crippen LogP contribution in [0.4, 0.5) is 5.69 Å². The Hall–Kier alpha value is -2.46. The fraction of sp³-hybridized carbons (Fsp3) is 0.118. The molecule has 0 saturated heterocycles. The summed E-state index contributed by atoms with van der Waals surface area (Å²) in [7, 11) is 3.10. The molecule has 3 rings (SSSR count). The number of ether oxygens (including phenoxy) is 2. The first-order valence-corrected chi connectivity index (χ1v) is 7.06. The number of halogens is 1. The van der Waals surface area contributed by atoms with Crippen molar-refractivity contribution in [2.24, 2.45) is 0 Å². The third kappa shape index (κ3) is 2.42. The molecule has 2 aromatic rings. The van der Waals surface area contributed by atoms with E-state index in [1.807, 2.05) is 24.3 Å². The third-order valence-electron chi connectivity index (χ3n) is 3.51. The molecule has 1 aliphatic rings. The maximum Gasteiger partial charge on any atom is 0.256 e. The molecule has 0 aliphatic carbocycles. The molecule has 0 saturated carbocycles. The number of para-hydroxylation sites is 1. The average molecular weight is 316 g/mol. The molecule has 0 fully saturated rings. The lowest BCUT2D eigenvalue weighted by Crippen LogP contribution is -2.03. The van der Waals surface area contributed by atoms with Crippen molar-refractivity contribution in [2.75, 3.05) is 19.5 Å². The molecule has 22 heavy (non-hydrogen) atoms. The molecule has 1 amide bonds. The number of fused-ring (bicyclic) bond motifs is 1. The maximum absolute atomic E-state index is 12.2. The van der Waals surface area contributed by atoms with Gasteiger partial charge in [0, 0.05) is 28.5 Å². The monoisotopic (exact) mass is 315 g/mol. The van der Waals surface area contributed by atoms with Gasteiger partial charge in [-0.3, -0.25) is 4.79 Å². The van der Waals surface area contributed by atoms with Crippen LogP contribution in [0.5, 0.6) is 11.5 Å². The molecule has 0 aromatic heterocycles. The van der Waals surface area contributed by atoms with Crippen LogP contribution < -0.4 is 14.8 Å². The molecule has 4 nitrogen and oxygen atoms in total. The van der Waals surface area contributed by atoms with E-state index in [0.717, 1.165) is 16.8 Å². The molecule has 5 heteroatoms. The largest absolute Gasteiger partial charge is 0.496 e. The number of anilines is 1. The van der Waals surface area contributed by atoms with E-state index in [9.17, 15) is 4.79 Å². The van der Waals surface area contributed by atoms with Crippen molar-refractivity contribution in [3.05, 3.63) is 52.5 Å². The number of hydrogen-bond acceptors (Lipinski definition) is 3. The lowest BCUT2D eigenvalue weighted by molar-refractivity contribution is -0.110. The van der Waals surface area contributed by atoms with Gasteiger partial charge in [0.15, 0.2) is 0 Å². The summed E-state index contributed by atoms with van der Waals surface area (Å²) in [6, 6.07) is 11.0. The quantitative estimate of drug-likeness (QED) is 0.875. The van der Waals surface area contributed by atoms with Gasteiger partial charge < -0.3 is 14.8 Å². The van der Waals surface area contributed by atoms with Crippen molar-refractivity contribution in [1.82, 2.24) is 0 Å². The Morgan fingerprint density at radius 1 is 1.09 bits per heavy atom. The van der Waals surface area contributed by atoms with Crippen LogP contribution in [0.3, 0.4) is 0 Å². The number of carbonyl (C=O) groups excluding carboxylic acids is 1. The Morgan fingerprint density at radius 3 is 2.55 bits per heavy atom. The molecule has 1 N–H and O–H groups in total. The van der Waals surface area contributed by atoms with Gasteiger partial charge in [-0.2, -0.15) is 0 Å². The van der Waals surface area contributed by atoms with Gasteiger partial charge in [0.25, 0.3) is 5.91 Å². The Labute approximate surface area is 133 Å². The van der Waals surface area contributed by atoms with E-state index in [-0.39, 0.29) is 5.91 Å². The first kappa shape index (κ1) is 14.5. The second-order valence-corrected chi connectivity index (χ2v) is 5.19. The van der Waals surface area contributed by atoms with E-state index in [4.69, 9.17) is 21.1 Å². The zero-order valence-corrected chi connectivity index (χ0v) is 12.9. The average Bonchev–Trinajstić information content (AvgIpc) is 2.84. The van der Waals surface area contributed by atoms with Gasteiger partial charge in [-0.15, -0.1) is 0 Å². The summed E-state index contributed by atoms with van der Waals surface area (Å²) in [5.41, 5.74) is 2.96. The minimum Gasteiger partial charge on any atom is -0.496 e. The van der Waals surface area contributed by atoms with Crippen molar-refractivity contribution in [2.45, 2.75) is 0 Å². The lowest BCUT2D eigenvalue weighted by Gasteiger charge is -2.10.